The molecule has 2 aliphatic rings. The largest absolute Gasteiger partial charge is 0.381 e. The summed E-state index contributed by atoms with van der Waals surface area (Å²) >= 11 is 5.95. The van der Waals surface area contributed by atoms with Gasteiger partial charge in [-0.2, -0.15) is 0 Å². The minimum atomic E-state index is 0.0469. The highest BCUT2D eigenvalue weighted by Crippen LogP contribution is 2.29. The SMILES string of the molecule is CC(c1ccc(Cl)cc1)N(C)C(=O)CN(CC1CCOC1)C1CC1. The molecule has 1 saturated heterocycles. The maximum atomic E-state index is 12.8. The minimum absolute atomic E-state index is 0.0469. The number of benzene rings is 1. The zero-order chi connectivity index (χ0) is 17.1. The number of carbonyl (C=O) groups excluding carboxylic acids is 1. The van der Waals surface area contributed by atoms with Crippen molar-refractivity contribution in [3.05, 3.63) is 34.9 Å². The van der Waals surface area contributed by atoms with Crippen LogP contribution in [0.5, 0.6) is 0 Å². The molecule has 1 saturated carbocycles. The number of halogens is 1. The van der Waals surface area contributed by atoms with Gasteiger partial charge in [-0.1, -0.05) is 23.7 Å². The van der Waals surface area contributed by atoms with Gasteiger partial charge in [0.25, 0.3) is 0 Å². The Morgan fingerprint density at radius 2 is 2.00 bits per heavy atom. The number of carbonyl (C=O) groups is 1. The van der Waals surface area contributed by atoms with Crippen LogP contribution in [0.1, 0.15) is 37.8 Å². The van der Waals surface area contributed by atoms with Gasteiger partial charge in [-0.3, -0.25) is 9.69 Å². The fourth-order valence-electron chi connectivity index (χ4n) is 3.31. The van der Waals surface area contributed by atoms with Crippen molar-refractivity contribution in [2.45, 2.75) is 38.3 Å². The Labute approximate surface area is 149 Å². The molecule has 0 N–H and O–H groups in total. The number of ether oxygens (including phenoxy) is 1. The molecule has 1 aliphatic heterocycles. The quantitative estimate of drug-likeness (QED) is 0.756. The van der Waals surface area contributed by atoms with E-state index in [2.05, 4.69) is 11.8 Å². The summed E-state index contributed by atoms with van der Waals surface area (Å²) in [4.78, 5) is 17.0. The molecule has 1 aliphatic carbocycles. The molecule has 0 bridgehead atoms. The summed E-state index contributed by atoms with van der Waals surface area (Å²) in [7, 11) is 1.89. The van der Waals surface area contributed by atoms with Crippen LogP contribution in [-0.2, 0) is 9.53 Å². The van der Waals surface area contributed by atoms with Gasteiger partial charge >= 0.3 is 0 Å². The Kier molecular flexibility index (Phi) is 5.80. The second-order valence-corrected chi connectivity index (χ2v) is 7.56. The Morgan fingerprint density at radius 1 is 1.29 bits per heavy atom. The van der Waals surface area contributed by atoms with E-state index in [9.17, 15) is 4.79 Å². The average Bonchev–Trinajstić information content (AvgIpc) is 3.31. The highest BCUT2D eigenvalue weighted by atomic mass is 35.5. The fraction of sp³-hybridized carbons (Fsp3) is 0.632. The van der Waals surface area contributed by atoms with E-state index in [1.54, 1.807) is 0 Å². The molecule has 5 heteroatoms. The van der Waals surface area contributed by atoms with E-state index >= 15 is 0 Å². The first kappa shape index (κ1) is 17.7. The van der Waals surface area contributed by atoms with Crippen LogP contribution in [0, 0.1) is 5.92 Å². The van der Waals surface area contributed by atoms with Gasteiger partial charge in [0.15, 0.2) is 0 Å². The number of nitrogens with zero attached hydrogens (tertiary/aromatic N) is 2. The minimum Gasteiger partial charge on any atom is -0.381 e. The summed E-state index contributed by atoms with van der Waals surface area (Å²) in [6, 6.07) is 8.38. The molecule has 1 heterocycles. The molecule has 1 amide bonds. The Balaban J connectivity index is 1.58. The predicted octanol–water partition coefficient (Wildman–Crippen LogP) is 3.36. The summed E-state index contributed by atoms with van der Waals surface area (Å²) < 4.78 is 5.48. The lowest BCUT2D eigenvalue weighted by Gasteiger charge is -2.30. The lowest BCUT2D eigenvalue weighted by atomic mass is 10.1. The van der Waals surface area contributed by atoms with Crippen molar-refractivity contribution in [1.82, 2.24) is 9.80 Å². The molecule has 2 unspecified atom stereocenters. The zero-order valence-electron chi connectivity index (χ0n) is 14.6. The lowest BCUT2D eigenvalue weighted by Crippen LogP contribution is -2.42. The van der Waals surface area contributed by atoms with Crippen molar-refractivity contribution in [1.29, 1.82) is 0 Å². The van der Waals surface area contributed by atoms with Crippen molar-refractivity contribution in [2.24, 2.45) is 5.92 Å². The van der Waals surface area contributed by atoms with Crippen LogP contribution in [0.25, 0.3) is 0 Å². The Morgan fingerprint density at radius 3 is 2.58 bits per heavy atom. The van der Waals surface area contributed by atoms with Gasteiger partial charge in [0, 0.05) is 31.3 Å². The molecule has 1 aromatic rings. The van der Waals surface area contributed by atoms with E-state index in [1.807, 2.05) is 36.2 Å². The van der Waals surface area contributed by atoms with Crippen LogP contribution >= 0.6 is 11.6 Å². The van der Waals surface area contributed by atoms with E-state index in [-0.39, 0.29) is 11.9 Å². The fourth-order valence-corrected chi connectivity index (χ4v) is 3.43. The third-order valence-electron chi connectivity index (χ3n) is 5.25. The topological polar surface area (TPSA) is 32.8 Å². The lowest BCUT2D eigenvalue weighted by molar-refractivity contribution is -0.133. The summed E-state index contributed by atoms with van der Waals surface area (Å²) in [5.41, 5.74) is 1.11. The number of rotatable bonds is 7. The molecule has 24 heavy (non-hydrogen) atoms. The van der Waals surface area contributed by atoms with Crippen molar-refractivity contribution in [2.75, 3.05) is 33.4 Å². The number of hydrogen-bond donors (Lipinski definition) is 0. The first-order valence-corrected chi connectivity index (χ1v) is 9.25. The van der Waals surface area contributed by atoms with Gasteiger partial charge in [0.2, 0.25) is 5.91 Å². The van der Waals surface area contributed by atoms with Crippen LogP contribution in [0.4, 0.5) is 0 Å². The molecule has 0 spiro atoms. The van der Waals surface area contributed by atoms with Crippen molar-refractivity contribution in [3.8, 4) is 0 Å². The van der Waals surface area contributed by atoms with E-state index < -0.39 is 0 Å². The Hall–Kier alpha value is -1.10. The van der Waals surface area contributed by atoms with Crippen molar-refractivity contribution in [3.63, 3.8) is 0 Å². The molecule has 0 radical (unpaired) electrons. The van der Waals surface area contributed by atoms with E-state index in [1.165, 1.54) is 12.8 Å². The van der Waals surface area contributed by atoms with Gasteiger partial charge in [0.1, 0.15) is 0 Å². The molecule has 0 aromatic heterocycles. The van der Waals surface area contributed by atoms with Gasteiger partial charge < -0.3 is 9.64 Å². The number of likely N-dealkylation sites (N-methyl/N-ethyl adjacent to an activating group) is 1. The molecule has 3 rings (SSSR count). The maximum Gasteiger partial charge on any atom is 0.237 e. The molecule has 132 valence electrons. The second kappa shape index (κ2) is 7.85. The predicted molar refractivity (Wildman–Crippen MR) is 96.2 cm³/mol. The third-order valence-corrected chi connectivity index (χ3v) is 5.50. The highest BCUT2D eigenvalue weighted by Gasteiger charge is 2.33. The molecule has 1 aromatic carbocycles. The molecular weight excluding hydrogens is 324 g/mol. The third kappa shape index (κ3) is 4.50. The van der Waals surface area contributed by atoms with Crippen LogP contribution in [-0.4, -0.2) is 55.1 Å². The van der Waals surface area contributed by atoms with Crippen LogP contribution in [0.3, 0.4) is 0 Å². The number of amides is 1. The smallest absolute Gasteiger partial charge is 0.237 e. The summed E-state index contributed by atoms with van der Waals surface area (Å²) in [6.07, 6.45) is 3.56. The molecule has 2 fully saturated rings. The highest BCUT2D eigenvalue weighted by molar-refractivity contribution is 6.30. The van der Waals surface area contributed by atoms with Gasteiger partial charge in [-0.25, -0.2) is 0 Å². The summed E-state index contributed by atoms with van der Waals surface area (Å²) in [5, 5.41) is 0.721. The van der Waals surface area contributed by atoms with Gasteiger partial charge in [-0.05, 0) is 49.8 Å². The van der Waals surface area contributed by atoms with Gasteiger partial charge in [0.05, 0.1) is 19.2 Å². The standard InChI is InChI=1S/C19H27ClN2O2/c1-14(16-3-5-17(20)6-4-16)21(2)19(23)12-22(18-7-8-18)11-15-9-10-24-13-15/h3-6,14-15,18H,7-13H2,1-2H3. The molecule has 2 atom stereocenters. The van der Waals surface area contributed by atoms with Crippen molar-refractivity contribution >= 4 is 17.5 Å². The van der Waals surface area contributed by atoms with E-state index in [0.29, 0.717) is 18.5 Å². The summed E-state index contributed by atoms with van der Waals surface area (Å²) in [6.45, 7) is 5.27. The Bertz CT molecular complexity index is 553. The monoisotopic (exact) mass is 350 g/mol. The van der Waals surface area contributed by atoms with Crippen LogP contribution < -0.4 is 0 Å². The van der Waals surface area contributed by atoms with E-state index in [4.69, 9.17) is 16.3 Å². The zero-order valence-corrected chi connectivity index (χ0v) is 15.3. The van der Waals surface area contributed by atoms with Gasteiger partial charge in [-0.15, -0.1) is 0 Å². The van der Waals surface area contributed by atoms with Crippen molar-refractivity contribution < 1.29 is 9.53 Å². The summed E-state index contributed by atoms with van der Waals surface area (Å²) in [5.74, 6) is 0.765. The average molecular weight is 351 g/mol. The number of hydrogen-bond acceptors (Lipinski definition) is 3. The maximum absolute atomic E-state index is 12.8. The van der Waals surface area contributed by atoms with Crippen LogP contribution in [0.2, 0.25) is 5.02 Å². The van der Waals surface area contributed by atoms with E-state index in [0.717, 1.165) is 36.8 Å². The van der Waals surface area contributed by atoms with Crippen LogP contribution in [0.15, 0.2) is 24.3 Å². The second-order valence-electron chi connectivity index (χ2n) is 7.12. The molecule has 4 nitrogen and oxygen atoms in total. The first-order valence-electron chi connectivity index (χ1n) is 8.87. The molecular formula is C19H27ClN2O2. The normalized spacial score (nSPS) is 21.9. The first-order chi connectivity index (χ1) is 11.5.